The van der Waals surface area contributed by atoms with Gasteiger partial charge in [0.25, 0.3) is 0 Å². The molecule has 1 aromatic carbocycles. The summed E-state index contributed by atoms with van der Waals surface area (Å²) in [4.78, 5) is 4.15. The zero-order valence-corrected chi connectivity index (χ0v) is 12.7. The highest BCUT2D eigenvalue weighted by Gasteiger charge is 2.31. The summed E-state index contributed by atoms with van der Waals surface area (Å²) in [5.74, 6) is 0. The number of hydrogen-bond donors (Lipinski definition) is 1. The number of aryl methyl sites for hydroxylation is 1. The quantitative estimate of drug-likeness (QED) is 0.878. The standard InChI is InChI=1S/C15H13BrF3NO/c1-9-3-2-6-20-13(9)8-14(21)11-7-10(15(17,18)19)4-5-12(11)16/h2-7,14,21H,8H2,1H3. The van der Waals surface area contributed by atoms with Crippen LogP contribution in [0.4, 0.5) is 13.2 Å². The van der Waals surface area contributed by atoms with Crippen molar-refractivity contribution in [2.75, 3.05) is 0 Å². The van der Waals surface area contributed by atoms with Crippen molar-refractivity contribution < 1.29 is 18.3 Å². The Hall–Kier alpha value is -1.40. The third kappa shape index (κ3) is 3.83. The lowest BCUT2D eigenvalue weighted by atomic mass is 10.0. The van der Waals surface area contributed by atoms with Crippen molar-refractivity contribution in [3.63, 3.8) is 0 Å². The Morgan fingerprint density at radius 2 is 2.00 bits per heavy atom. The summed E-state index contributed by atoms with van der Waals surface area (Å²) < 4.78 is 38.7. The maximum atomic E-state index is 12.7. The number of aliphatic hydroxyl groups is 1. The summed E-state index contributed by atoms with van der Waals surface area (Å²) in [5, 5.41) is 10.2. The molecule has 1 aromatic heterocycles. The summed E-state index contributed by atoms with van der Waals surface area (Å²) in [7, 11) is 0. The lowest BCUT2D eigenvalue weighted by molar-refractivity contribution is -0.137. The average Bonchev–Trinajstić information content (AvgIpc) is 2.40. The van der Waals surface area contributed by atoms with E-state index < -0.39 is 17.8 Å². The van der Waals surface area contributed by atoms with Crippen LogP contribution in [0.25, 0.3) is 0 Å². The molecule has 21 heavy (non-hydrogen) atoms. The van der Waals surface area contributed by atoms with Gasteiger partial charge in [0.2, 0.25) is 0 Å². The largest absolute Gasteiger partial charge is 0.416 e. The topological polar surface area (TPSA) is 33.1 Å². The fraction of sp³-hybridized carbons (Fsp3) is 0.267. The number of benzene rings is 1. The molecule has 0 amide bonds. The summed E-state index contributed by atoms with van der Waals surface area (Å²) in [6, 6.07) is 6.85. The highest BCUT2D eigenvalue weighted by atomic mass is 79.9. The van der Waals surface area contributed by atoms with Crippen molar-refractivity contribution >= 4 is 15.9 Å². The lowest BCUT2D eigenvalue weighted by Gasteiger charge is -2.16. The molecule has 0 aliphatic heterocycles. The molecule has 0 radical (unpaired) electrons. The van der Waals surface area contributed by atoms with Gasteiger partial charge < -0.3 is 5.11 Å². The van der Waals surface area contributed by atoms with Gasteiger partial charge in [-0.1, -0.05) is 22.0 Å². The fourth-order valence-corrected chi connectivity index (χ4v) is 2.51. The molecule has 1 unspecified atom stereocenters. The number of nitrogens with zero attached hydrogens (tertiary/aromatic N) is 1. The molecular weight excluding hydrogens is 347 g/mol. The van der Waals surface area contributed by atoms with E-state index >= 15 is 0 Å². The van der Waals surface area contributed by atoms with Crippen molar-refractivity contribution in [3.05, 3.63) is 63.4 Å². The van der Waals surface area contributed by atoms with Crippen molar-refractivity contribution in [1.82, 2.24) is 4.98 Å². The number of rotatable bonds is 3. The third-order valence-electron chi connectivity index (χ3n) is 3.19. The second-order valence-corrected chi connectivity index (χ2v) is 5.58. The third-order valence-corrected chi connectivity index (χ3v) is 3.91. The zero-order valence-electron chi connectivity index (χ0n) is 11.2. The molecule has 0 saturated carbocycles. The van der Waals surface area contributed by atoms with E-state index in [0.29, 0.717) is 10.2 Å². The molecule has 112 valence electrons. The van der Waals surface area contributed by atoms with Crippen LogP contribution in [0.2, 0.25) is 0 Å². The minimum absolute atomic E-state index is 0.159. The molecule has 2 rings (SSSR count). The van der Waals surface area contributed by atoms with Gasteiger partial charge in [-0.25, -0.2) is 0 Å². The normalized spacial score (nSPS) is 13.2. The molecule has 0 bridgehead atoms. The van der Waals surface area contributed by atoms with Crippen LogP contribution < -0.4 is 0 Å². The number of alkyl halides is 3. The Balaban J connectivity index is 2.31. The molecule has 0 aliphatic carbocycles. The van der Waals surface area contributed by atoms with Crippen LogP contribution >= 0.6 is 15.9 Å². The summed E-state index contributed by atoms with van der Waals surface area (Å²) in [5.41, 5.74) is 0.973. The Morgan fingerprint density at radius 1 is 1.29 bits per heavy atom. The zero-order chi connectivity index (χ0) is 15.6. The van der Waals surface area contributed by atoms with Gasteiger partial charge in [-0.05, 0) is 42.3 Å². The minimum atomic E-state index is -4.43. The number of aromatic nitrogens is 1. The number of aliphatic hydroxyl groups excluding tert-OH is 1. The van der Waals surface area contributed by atoms with Crippen LogP contribution in [0, 0.1) is 6.92 Å². The molecule has 6 heteroatoms. The van der Waals surface area contributed by atoms with Crippen LogP contribution in [-0.4, -0.2) is 10.1 Å². The Bertz CT molecular complexity index is 643. The Kier molecular flexibility index (Phi) is 4.68. The van der Waals surface area contributed by atoms with Gasteiger partial charge in [0.1, 0.15) is 0 Å². The molecule has 0 saturated heterocycles. The average molecular weight is 360 g/mol. The first-order valence-corrected chi connectivity index (χ1v) is 7.03. The Labute approximate surface area is 128 Å². The van der Waals surface area contributed by atoms with Gasteiger partial charge in [0.15, 0.2) is 0 Å². The van der Waals surface area contributed by atoms with E-state index in [0.717, 1.165) is 17.7 Å². The first-order valence-electron chi connectivity index (χ1n) is 6.24. The van der Waals surface area contributed by atoms with E-state index in [1.807, 2.05) is 13.0 Å². The number of pyridine rings is 1. The lowest BCUT2D eigenvalue weighted by Crippen LogP contribution is -2.10. The molecular formula is C15H13BrF3NO. The molecule has 0 spiro atoms. The van der Waals surface area contributed by atoms with Gasteiger partial charge in [0, 0.05) is 22.8 Å². The smallest absolute Gasteiger partial charge is 0.388 e. The first-order chi connectivity index (χ1) is 9.79. The molecule has 2 nitrogen and oxygen atoms in total. The van der Waals surface area contributed by atoms with Crippen LogP contribution in [-0.2, 0) is 12.6 Å². The molecule has 1 heterocycles. The van der Waals surface area contributed by atoms with Crippen LogP contribution in [0.3, 0.4) is 0 Å². The SMILES string of the molecule is Cc1cccnc1CC(O)c1cc(C(F)(F)F)ccc1Br. The van der Waals surface area contributed by atoms with Gasteiger partial charge in [0.05, 0.1) is 11.7 Å². The molecule has 1 atom stereocenters. The van der Waals surface area contributed by atoms with Gasteiger partial charge >= 0.3 is 6.18 Å². The predicted molar refractivity (Wildman–Crippen MR) is 76.8 cm³/mol. The monoisotopic (exact) mass is 359 g/mol. The van der Waals surface area contributed by atoms with E-state index in [1.54, 1.807) is 12.3 Å². The van der Waals surface area contributed by atoms with Gasteiger partial charge in [-0.3, -0.25) is 4.98 Å². The van der Waals surface area contributed by atoms with E-state index in [-0.39, 0.29) is 12.0 Å². The predicted octanol–water partition coefficient (Wildman–Crippen LogP) is 4.45. The van der Waals surface area contributed by atoms with Crippen molar-refractivity contribution in [3.8, 4) is 0 Å². The fourth-order valence-electron chi connectivity index (χ4n) is 2.00. The number of hydrogen-bond acceptors (Lipinski definition) is 2. The molecule has 1 N–H and O–H groups in total. The molecule has 2 aromatic rings. The molecule has 0 aliphatic rings. The van der Waals surface area contributed by atoms with Crippen molar-refractivity contribution in [2.24, 2.45) is 0 Å². The summed E-state index contributed by atoms with van der Waals surface area (Å²) >= 11 is 3.18. The van der Waals surface area contributed by atoms with Crippen LogP contribution in [0.15, 0.2) is 41.0 Å². The second kappa shape index (κ2) is 6.15. The molecule has 0 fully saturated rings. The van der Waals surface area contributed by atoms with E-state index in [4.69, 9.17) is 0 Å². The van der Waals surface area contributed by atoms with Crippen molar-refractivity contribution in [1.29, 1.82) is 0 Å². The van der Waals surface area contributed by atoms with Gasteiger partial charge in [-0.15, -0.1) is 0 Å². The van der Waals surface area contributed by atoms with E-state index in [9.17, 15) is 18.3 Å². The highest BCUT2D eigenvalue weighted by Crippen LogP contribution is 2.34. The first kappa shape index (κ1) is 16.0. The summed E-state index contributed by atoms with van der Waals surface area (Å²) in [6.45, 7) is 1.84. The Morgan fingerprint density at radius 3 is 2.62 bits per heavy atom. The van der Waals surface area contributed by atoms with E-state index in [2.05, 4.69) is 20.9 Å². The highest BCUT2D eigenvalue weighted by molar-refractivity contribution is 9.10. The van der Waals surface area contributed by atoms with Gasteiger partial charge in [-0.2, -0.15) is 13.2 Å². The number of halogens is 4. The van der Waals surface area contributed by atoms with E-state index in [1.165, 1.54) is 6.07 Å². The maximum Gasteiger partial charge on any atom is 0.416 e. The second-order valence-electron chi connectivity index (χ2n) is 4.72. The maximum absolute atomic E-state index is 12.7. The van der Waals surface area contributed by atoms with Crippen molar-refractivity contribution in [2.45, 2.75) is 25.6 Å². The van der Waals surface area contributed by atoms with Crippen LogP contribution in [0.1, 0.15) is 28.5 Å². The summed E-state index contributed by atoms with van der Waals surface area (Å²) in [6.07, 6.45) is -3.74. The minimum Gasteiger partial charge on any atom is -0.388 e. The van der Waals surface area contributed by atoms with Crippen LogP contribution in [0.5, 0.6) is 0 Å².